The summed E-state index contributed by atoms with van der Waals surface area (Å²) >= 11 is 0. The van der Waals surface area contributed by atoms with Gasteiger partial charge in [-0.05, 0) is 23.6 Å². The van der Waals surface area contributed by atoms with Gasteiger partial charge in [-0.1, -0.05) is 48.5 Å². The quantitative estimate of drug-likeness (QED) is 0.881. The summed E-state index contributed by atoms with van der Waals surface area (Å²) in [6.45, 7) is -0.237. The highest BCUT2D eigenvalue weighted by Crippen LogP contribution is 2.27. The van der Waals surface area contributed by atoms with Crippen LogP contribution < -0.4 is 10.2 Å². The minimum absolute atomic E-state index is 0.0425. The number of nitrogens with one attached hydrogen (secondary N) is 1. The summed E-state index contributed by atoms with van der Waals surface area (Å²) in [5.74, 6) is -0.341. The third kappa shape index (κ3) is 3.46. The number of aliphatic hydroxyl groups excluding tert-OH is 1. The summed E-state index contributed by atoms with van der Waals surface area (Å²) in [5, 5.41) is 12.3. The zero-order valence-corrected chi connectivity index (χ0v) is 13.3. The van der Waals surface area contributed by atoms with Crippen molar-refractivity contribution in [1.82, 2.24) is 5.32 Å². The van der Waals surface area contributed by atoms with Crippen molar-refractivity contribution in [2.75, 3.05) is 18.1 Å². The van der Waals surface area contributed by atoms with Crippen molar-refractivity contribution in [1.29, 1.82) is 0 Å². The van der Waals surface area contributed by atoms with Gasteiger partial charge in [0.1, 0.15) is 6.54 Å². The molecule has 1 aliphatic heterocycles. The number of hydrogen-bond donors (Lipinski definition) is 2. The third-order valence-electron chi connectivity index (χ3n) is 4.21. The summed E-state index contributed by atoms with van der Waals surface area (Å²) in [7, 11) is 0. The van der Waals surface area contributed by atoms with Crippen LogP contribution in [-0.2, 0) is 16.0 Å². The lowest BCUT2D eigenvalue weighted by Gasteiger charge is -2.29. The van der Waals surface area contributed by atoms with Crippen molar-refractivity contribution in [2.24, 2.45) is 0 Å². The van der Waals surface area contributed by atoms with Gasteiger partial charge < -0.3 is 15.3 Å². The molecule has 2 N–H and O–H groups in total. The molecule has 5 nitrogen and oxygen atoms in total. The highest BCUT2D eigenvalue weighted by atomic mass is 16.3. The van der Waals surface area contributed by atoms with E-state index in [0.29, 0.717) is 12.8 Å². The average Bonchev–Trinajstić information content (AvgIpc) is 2.63. The molecule has 2 aromatic carbocycles. The zero-order chi connectivity index (χ0) is 16.9. The number of anilines is 1. The van der Waals surface area contributed by atoms with Gasteiger partial charge in [0.2, 0.25) is 11.8 Å². The van der Waals surface area contributed by atoms with Gasteiger partial charge >= 0.3 is 0 Å². The molecule has 0 fully saturated rings. The second-order valence-electron chi connectivity index (χ2n) is 5.82. The van der Waals surface area contributed by atoms with Crippen LogP contribution in [0.2, 0.25) is 0 Å². The Morgan fingerprint density at radius 2 is 1.79 bits per heavy atom. The van der Waals surface area contributed by atoms with Crippen LogP contribution in [0, 0.1) is 0 Å². The number of aryl methyl sites for hydroxylation is 1. The second kappa shape index (κ2) is 7.27. The van der Waals surface area contributed by atoms with Crippen LogP contribution in [0.5, 0.6) is 0 Å². The van der Waals surface area contributed by atoms with Gasteiger partial charge in [-0.2, -0.15) is 0 Å². The van der Waals surface area contributed by atoms with Gasteiger partial charge in [0.05, 0.1) is 12.6 Å². The molecule has 1 heterocycles. The molecule has 0 spiro atoms. The van der Waals surface area contributed by atoms with Gasteiger partial charge in [-0.3, -0.25) is 9.59 Å². The standard InChI is InChI=1S/C19H20N2O3/c22-13-16(14-6-2-1-3-7-14)20-18(23)12-21-17-9-5-4-8-15(17)10-11-19(21)24/h1-9,16,22H,10-13H2,(H,20,23). The summed E-state index contributed by atoms with van der Waals surface area (Å²) in [6, 6.07) is 16.5. The molecular formula is C19H20N2O3. The van der Waals surface area contributed by atoms with Gasteiger partial charge in [0.25, 0.3) is 0 Å². The first-order valence-corrected chi connectivity index (χ1v) is 8.02. The van der Waals surface area contributed by atoms with Gasteiger partial charge in [0, 0.05) is 12.1 Å². The smallest absolute Gasteiger partial charge is 0.240 e. The maximum Gasteiger partial charge on any atom is 0.240 e. The summed E-state index contributed by atoms with van der Waals surface area (Å²) in [5.41, 5.74) is 2.70. The molecule has 2 amide bonds. The predicted octanol–water partition coefficient (Wildman–Crippen LogP) is 1.82. The Hall–Kier alpha value is -2.66. The molecule has 0 saturated heterocycles. The fraction of sp³-hybridized carbons (Fsp3) is 0.263. The molecule has 24 heavy (non-hydrogen) atoms. The molecule has 0 aromatic heterocycles. The number of carbonyl (C=O) groups is 2. The lowest BCUT2D eigenvalue weighted by molar-refractivity contribution is -0.124. The van der Waals surface area contributed by atoms with Crippen LogP contribution in [0.25, 0.3) is 0 Å². The largest absolute Gasteiger partial charge is 0.394 e. The van der Waals surface area contributed by atoms with Gasteiger partial charge in [-0.15, -0.1) is 0 Å². The van der Waals surface area contributed by atoms with E-state index in [0.717, 1.165) is 16.8 Å². The molecule has 124 valence electrons. The minimum atomic E-state index is -0.478. The molecule has 1 unspecified atom stereocenters. The Morgan fingerprint density at radius 3 is 2.54 bits per heavy atom. The SMILES string of the molecule is O=C(CN1C(=O)CCc2ccccc21)NC(CO)c1ccccc1. The molecule has 3 rings (SSSR count). The van der Waals surface area contributed by atoms with Crippen molar-refractivity contribution in [2.45, 2.75) is 18.9 Å². The van der Waals surface area contributed by atoms with Crippen LogP contribution >= 0.6 is 0 Å². The number of fused-ring (bicyclic) bond motifs is 1. The number of benzene rings is 2. The Labute approximate surface area is 140 Å². The van der Waals surface area contributed by atoms with E-state index in [2.05, 4.69) is 5.32 Å². The lowest BCUT2D eigenvalue weighted by Crippen LogP contribution is -2.44. The number of nitrogens with zero attached hydrogens (tertiary/aromatic N) is 1. The van der Waals surface area contributed by atoms with E-state index in [1.54, 1.807) is 0 Å². The average molecular weight is 324 g/mol. The fourth-order valence-corrected chi connectivity index (χ4v) is 2.97. The predicted molar refractivity (Wildman–Crippen MR) is 91.5 cm³/mol. The van der Waals surface area contributed by atoms with E-state index >= 15 is 0 Å². The van der Waals surface area contributed by atoms with Crippen molar-refractivity contribution in [3.8, 4) is 0 Å². The van der Waals surface area contributed by atoms with E-state index in [-0.39, 0.29) is 25.0 Å². The lowest BCUT2D eigenvalue weighted by atomic mass is 10.0. The highest BCUT2D eigenvalue weighted by Gasteiger charge is 2.26. The number of hydrogen-bond acceptors (Lipinski definition) is 3. The maximum absolute atomic E-state index is 12.4. The summed E-state index contributed by atoms with van der Waals surface area (Å²) < 4.78 is 0. The van der Waals surface area contributed by atoms with E-state index in [1.165, 1.54) is 4.90 Å². The van der Waals surface area contributed by atoms with Crippen LogP contribution in [0.3, 0.4) is 0 Å². The van der Waals surface area contributed by atoms with E-state index < -0.39 is 6.04 Å². The molecule has 0 saturated carbocycles. The molecular weight excluding hydrogens is 304 g/mol. The fourth-order valence-electron chi connectivity index (χ4n) is 2.97. The first kappa shape index (κ1) is 16.2. The Morgan fingerprint density at radius 1 is 1.08 bits per heavy atom. The molecule has 2 aromatic rings. The van der Waals surface area contributed by atoms with E-state index in [1.807, 2.05) is 54.6 Å². The first-order valence-electron chi connectivity index (χ1n) is 8.02. The Bertz CT molecular complexity index is 730. The van der Waals surface area contributed by atoms with Gasteiger partial charge in [0.15, 0.2) is 0 Å². The van der Waals surface area contributed by atoms with Crippen LogP contribution in [0.15, 0.2) is 54.6 Å². The van der Waals surface area contributed by atoms with E-state index in [9.17, 15) is 14.7 Å². The monoisotopic (exact) mass is 324 g/mol. The molecule has 5 heteroatoms. The Kier molecular flexibility index (Phi) is 4.91. The number of para-hydroxylation sites is 1. The van der Waals surface area contributed by atoms with E-state index in [4.69, 9.17) is 0 Å². The molecule has 0 radical (unpaired) electrons. The first-order chi connectivity index (χ1) is 11.7. The zero-order valence-electron chi connectivity index (χ0n) is 13.3. The van der Waals surface area contributed by atoms with Crippen LogP contribution in [0.4, 0.5) is 5.69 Å². The van der Waals surface area contributed by atoms with Crippen molar-refractivity contribution in [3.05, 3.63) is 65.7 Å². The topological polar surface area (TPSA) is 69.6 Å². The minimum Gasteiger partial charge on any atom is -0.394 e. The van der Waals surface area contributed by atoms with Crippen LogP contribution in [-0.4, -0.2) is 30.1 Å². The van der Waals surface area contributed by atoms with Crippen LogP contribution in [0.1, 0.15) is 23.6 Å². The number of carbonyl (C=O) groups excluding carboxylic acids is 2. The molecule has 0 bridgehead atoms. The van der Waals surface area contributed by atoms with Crippen molar-refractivity contribution >= 4 is 17.5 Å². The highest BCUT2D eigenvalue weighted by molar-refractivity contribution is 6.01. The van der Waals surface area contributed by atoms with Gasteiger partial charge in [-0.25, -0.2) is 0 Å². The number of aliphatic hydroxyl groups is 1. The summed E-state index contributed by atoms with van der Waals surface area (Å²) in [6.07, 6.45) is 1.11. The summed E-state index contributed by atoms with van der Waals surface area (Å²) in [4.78, 5) is 26.1. The maximum atomic E-state index is 12.4. The Balaban J connectivity index is 1.72. The van der Waals surface area contributed by atoms with Crippen molar-refractivity contribution in [3.63, 3.8) is 0 Å². The number of rotatable bonds is 5. The molecule has 1 atom stereocenters. The third-order valence-corrected chi connectivity index (χ3v) is 4.21. The van der Waals surface area contributed by atoms with Crippen molar-refractivity contribution < 1.29 is 14.7 Å². The normalized spacial score (nSPS) is 14.9. The second-order valence-corrected chi connectivity index (χ2v) is 5.82. The molecule has 1 aliphatic rings. The molecule has 0 aliphatic carbocycles. The number of amides is 2.